The summed E-state index contributed by atoms with van der Waals surface area (Å²) in [6.45, 7) is 3.69. The van der Waals surface area contributed by atoms with Gasteiger partial charge < -0.3 is 20.1 Å². The molecule has 2 atom stereocenters. The number of ether oxygens (including phenoxy) is 2. The lowest BCUT2D eigenvalue weighted by Crippen LogP contribution is -2.29. The smallest absolute Gasteiger partial charge is 0.462 e. The third-order valence-corrected chi connectivity index (χ3v) is 10.8. The van der Waals surface area contributed by atoms with E-state index in [4.69, 9.17) is 24.3 Å². The lowest BCUT2D eigenvalue weighted by Gasteiger charge is -2.19. The maximum absolute atomic E-state index is 12.6. The normalized spacial score (nSPS) is 13.6. The summed E-state index contributed by atoms with van der Waals surface area (Å²) in [6, 6.07) is 0. The molecule has 0 aromatic carbocycles. The molecular formula is C46H86NO8P. The minimum atomic E-state index is -4.39. The monoisotopic (exact) mass is 812 g/mol. The highest BCUT2D eigenvalue weighted by Gasteiger charge is 2.26. The number of unbranched alkanes of at least 4 members (excludes halogenated alkanes) is 24. The van der Waals surface area contributed by atoms with Crippen LogP contribution < -0.4 is 5.73 Å². The molecule has 0 radical (unpaired) electrons. The van der Waals surface area contributed by atoms with Crippen molar-refractivity contribution in [2.45, 2.75) is 219 Å². The van der Waals surface area contributed by atoms with E-state index in [0.717, 1.165) is 44.9 Å². The molecule has 3 N–H and O–H groups in total. The number of nitrogens with two attached hydrogens (primary N) is 1. The van der Waals surface area contributed by atoms with E-state index in [-0.39, 0.29) is 32.6 Å². The Morgan fingerprint density at radius 3 is 1.43 bits per heavy atom. The van der Waals surface area contributed by atoms with Gasteiger partial charge in [-0.25, -0.2) is 4.57 Å². The first-order valence-electron chi connectivity index (χ1n) is 23.0. The van der Waals surface area contributed by atoms with Crippen LogP contribution in [0.15, 0.2) is 36.5 Å². The fourth-order valence-electron chi connectivity index (χ4n) is 6.36. The SMILES string of the molecule is CCCCCCCC/C=C/C/C=C/C/C=C/CCCC(=O)O[C@H](COC(=O)CCCCCCCCCCCCCCCCCCCC)COP(=O)(O)OCCN. The molecule has 0 heterocycles. The molecule has 0 amide bonds. The molecule has 0 aliphatic heterocycles. The molecule has 9 nitrogen and oxygen atoms in total. The predicted molar refractivity (Wildman–Crippen MR) is 234 cm³/mol. The van der Waals surface area contributed by atoms with Crippen molar-refractivity contribution in [2.75, 3.05) is 26.4 Å². The molecule has 0 bridgehead atoms. The molecule has 328 valence electrons. The first-order valence-corrected chi connectivity index (χ1v) is 24.5. The van der Waals surface area contributed by atoms with Crippen molar-refractivity contribution in [3.8, 4) is 0 Å². The van der Waals surface area contributed by atoms with Crippen LogP contribution in [-0.4, -0.2) is 49.3 Å². The lowest BCUT2D eigenvalue weighted by molar-refractivity contribution is -0.161. The van der Waals surface area contributed by atoms with Gasteiger partial charge in [0.1, 0.15) is 6.61 Å². The van der Waals surface area contributed by atoms with E-state index in [2.05, 4.69) is 44.2 Å². The first-order chi connectivity index (χ1) is 27.3. The molecule has 0 spiro atoms. The van der Waals surface area contributed by atoms with Crippen molar-refractivity contribution >= 4 is 19.8 Å². The fraction of sp³-hybridized carbons (Fsp3) is 0.826. The van der Waals surface area contributed by atoms with Gasteiger partial charge in [0.05, 0.1) is 13.2 Å². The number of phosphoric ester groups is 1. The Hall–Kier alpha value is -1.77. The summed E-state index contributed by atoms with van der Waals surface area (Å²) in [4.78, 5) is 34.9. The van der Waals surface area contributed by atoms with Crippen molar-refractivity contribution in [3.05, 3.63) is 36.5 Å². The predicted octanol–water partition coefficient (Wildman–Crippen LogP) is 13.3. The van der Waals surface area contributed by atoms with E-state index in [0.29, 0.717) is 6.42 Å². The zero-order valence-electron chi connectivity index (χ0n) is 36.1. The number of allylic oxidation sites excluding steroid dienone is 6. The maximum Gasteiger partial charge on any atom is 0.472 e. The van der Waals surface area contributed by atoms with E-state index in [9.17, 15) is 19.0 Å². The van der Waals surface area contributed by atoms with Crippen LogP contribution in [0.25, 0.3) is 0 Å². The molecule has 56 heavy (non-hydrogen) atoms. The van der Waals surface area contributed by atoms with Crippen LogP contribution in [0.5, 0.6) is 0 Å². The molecular weight excluding hydrogens is 725 g/mol. The Morgan fingerprint density at radius 1 is 0.536 bits per heavy atom. The average molecular weight is 812 g/mol. The van der Waals surface area contributed by atoms with E-state index < -0.39 is 32.5 Å². The number of phosphoric acid groups is 1. The van der Waals surface area contributed by atoms with Crippen LogP contribution in [0.3, 0.4) is 0 Å². The molecule has 0 aliphatic rings. The lowest BCUT2D eigenvalue weighted by atomic mass is 10.0. The number of hydrogen-bond donors (Lipinski definition) is 2. The van der Waals surface area contributed by atoms with Crippen LogP contribution in [0, 0.1) is 0 Å². The van der Waals surface area contributed by atoms with Crippen molar-refractivity contribution in [3.63, 3.8) is 0 Å². The highest BCUT2D eigenvalue weighted by atomic mass is 31.2. The van der Waals surface area contributed by atoms with Crippen LogP contribution in [0.2, 0.25) is 0 Å². The molecule has 10 heteroatoms. The topological polar surface area (TPSA) is 134 Å². The molecule has 0 fully saturated rings. The average Bonchev–Trinajstić information content (AvgIpc) is 3.18. The van der Waals surface area contributed by atoms with E-state index in [1.165, 1.54) is 135 Å². The summed E-state index contributed by atoms with van der Waals surface area (Å²) in [5.41, 5.74) is 5.35. The molecule has 0 aromatic heterocycles. The minimum Gasteiger partial charge on any atom is -0.462 e. The minimum absolute atomic E-state index is 0.0464. The van der Waals surface area contributed by atoms with Gasteiger partial charge in [-0.05, 0) is 44.9 Å². The van der Waals surface area contributed by atoms with E-state index >= 15 is 0 Å². The second-order valence-corrected chi connectivity index (χ2v) is 16.7. The molecule has 0 rings (SSSR count). The van der Waals surface area contributed by atoms with Crippen molar-refractivity contribution in [1.29, 1.82) is 0 Å². The van der Waals surface area contributed by atoms with Gasteiger partial charge in [-0.2, -0.15) is 0 Å². The third-order valence-electron chi connectivity index (χ3n) is 9.78. The van der Waals surface area contributed by atoms with Crippen molar-refractivity contribution in [1.82, 2.24) is 0 Å². The Labute approximate surface area is 344 Å². The van der Waals surface area contributed by atoms with Crippen LogP contribution in [0.1, 0.15) is 213 Å². The Morgan fingerprint density at radius 2 is 0.946 bits per heavy atom. The van der Waals surface area contributed by atoms with Gasteiger partial charge in [0.15, 0.2) is 6.10 Å². The Bertz CT molecular complexity index is 1020. The molecule has 0 saturated carbocycles. The quantitative estimate of drug-likeness (QED) is 0.0267. The fourth-order valence-corrected chi connectivity index (χ4v) is 7.12. The van der Waals surface area contributed by atoms with Gasteiger partial charge in [-0.1, -0.05) is 192 Å². The summed E-state index contributed by atoms with van der Waals surface area (Å²) >= 11 is 0. The number of esters is 2. The van der Waals surface area contributed by atoms with Gasteiger partial charge in [0.25, 0.3) is 0 Å². The Balaban J connectivity index is 4.17. The third kappa shape index (κ3) is 41.9. The zero-order chi connectivity index (χ0) is 41.1. The van der Waals surface area contributed by atoms with Crippen LogP contribution in [-0.2, 0) is 32.7 Å². The zero-order valence-corrected chi connectivity index (χ0v) is 37.0. The van der Waals surface area contributed by atoms with Gasteiger partial charge >= 0.3 is 19.8 Å². The van der Waals surface area contributed by atoms with Crippen LogP contribution >= 0.6 is 7.82 Å². The van der Waals surface area contributed by atoms with E-state index in [1.54, 1.807) is 0 Å². The van der Waals surface area contributed by atoms with Crippen LogP contribution in [0.4, 0.5) is 0 Å². The Kier molecular flexibility index (Phi) is 41.5. The number of rotatable bonds is 43. The highest BCUT2D eigenvalue weighted by molar-refractivity contribution is 7.47. The molecule has 0 aliphatic carbocycles. The van der Waals surface area contributed by atoms with Gasteiger partial charge in [0, 0.05) is 19.4 Å². The largest absolute Gasteiger partial charge is 0.472 e. The summed E-state index contributed by atoms with van der Waals surface area (Å²) in [6.07, 6.45) is 47.6. The second-order valence-electron chi connectivity index (χ2n) is 15.3. The van der Waals surface area contributed by atoms with E-state index in [1.807, 2.05) is 6.08 Å². The summed E-state index contributed by atoms with van der Waals surface area (Å²) in [7, 11) is -4.39. The molecule has 1 unspecified atom stereocenters. The van der Waals surface area contributed by atoms with Gasteiger partial charge in [0.2, 0.25) is 0 Å². The summed E-state index contributed by atoms with van der Waals surface area (Å²) < 4.78 is 32.8. The summed E-state index contributed by atoms with van der Waals surface area (Å²) in [5.74, 6) is -0.882. The molecule has 0 aromatic rings. The van der Waals surface area contributed by atoms with Gasteiger partial charge in [-0.3, -0.25) is 18.6 Å². The van der Waals surface area contributed by atoms with Crippen molar-refractivity contribution < 1.29 is 37.6 Å². The number of carbonyl (C=O) groups is 2. The first kappa shape index (κ1) is 54.2. The highest BCUT2D eigenvalue weighted by Crippen LogP contribution is 2.43. The van der Waals surface area contributed by atoms with Gasteiger partial charge in [-0.15, -0.1) is 0 Å². The second kappa shape index (κ2) is 42.8. The molecule has 0 saturated heterocycles. The van der Waals surface area contributed by atoms with Crippen molar-refractivity contribution in [2.24, 2.45) is 5.73 Å². The maximum atomic E-state index is 12.6. The summed E-state index contributed by atoms with van der Waals surface area (Å²) in [5, 5.41) is 0. The standard InChI is InChI=1S/C46H86NO8P/c1-3-5-7-9-11-13-15-17-19-21-23-24-26-28-30-32-34-36-38-45(48)52-42-44(43-54-56(50,51)53-41-40-47)55-46(49)39-37-35-33-31-29-27-25-22-20-18-16-14-12-10-8-6-4-2/h18,20,25,27,31,33,44H,3-17,19,21-24,26,28-30,32,34-43,47H2,1-2H3,(H,50,51)/b20-18+,27-25+,33-31+/t44-/m1/s1. The number of carbonyl (C=O) groups excluding carboxylic acids is 2. The number of hydrogen-bond acceptors (Lipinski definition) is 8.